The van der Waals surface area contributed by atoms with Gasteiger partial charge >= 0.3 is 0 Å². The zero-order chi connectivity index (χ0) is 16.8. The van der Waals surface area contributed by atoms with Gasteiger partial charge < -0.3 is 10.1 Å². The van der Waals surface area contributed by atoms with E-state index < -0.39 is 11.6 Å². The molecule has 0 amide bonds. The van der Waals surface area contributed by atoms with Crippen molar-refractivity contribution < 1.29 is 9.50 Å². The zero-order valence-electron chi connectivity index (χ0n) is 13.0. The van der Waals surface area contributed by atoms with Crippen molar-refractivity contribution in [3.8, 4) is 5.75 Å². The molecule has 1 saturated carbocycles. The highest BCUT2D eigenvalue weighted by atomic mass is 35.5. The Bertz CT molecular complexity index is 840. The van der Waals surface area contributed by atoms with Crippen LogP contribution in [0.25, 0.3) is 0 Å². The first-order valence-electron chi connectivity index (χ1n) is 8.02. The Morgan fingerprint density at radius 1 is 1.42 bits per heavy atom. The number of hydrogen-bond acceptors (Lipinski definition) is 4. The monoisotopic (exact) mass is 349 g/mol. The molecule has 2 N–H and O–H groups in total. The predicted octanol–water partition coefficient (Wildman–Crippen LogP) is 2.70. The van der Waals surface area contributed by atoms with Gasteiger partial charge in [0.1, 0.15) is 5.82 Å². The maximum atomic E-state index is 13.6. The molecule has 4 rings (SSSR count). The van der Waals surface area contributed by atoms with E-state index in [1.807, 2.05) is 0 Å². The van der Waals surface area contributed by atoms with Gasteiger partial charge in [-0.05, 0) is 37.0 Å². The number of H-pyrrole nitrogens is 1. The summed E-state index contributed by atoms with van der Waals surface area (Å²) in [6.45, 7) is 1.74. The fourth-order valence-electron chi connectivity index (χ4n) is 3.17. The number of phenols is 1. The van der Waals surface area contributed by atoms with Gasteiger partial charge in [-0.15, -0.1) is 0 Å². The van der Waals surface area contributed by atoms with Gasteiger partial charge in [0.15, 0.2) is 11.6 Å². The number of nitrogens with zero attached hydrogens (tertiary/aromatic N) is 2. The summed E-state index contributed by atoms with van der Waals surface area (Å²) < 4.78 is 13.6. The Morgan fingerprint density at radius 2 is 2.21 bits per heavy atom. The first-order chi connectivity index (χ1) is 11.5. The van der Waals surface area contributed by atoms with Crippen LogP contribution in [0.15, 0.2) is 16.9 Å². The fraction of sp³-hybridized carbons (Fsp3) is 0.412. The van der Waals surface area contributed by atoms with Crippen molar-refractivity contribution in [2.24, 2.45) is 0 Å². The third-order valence-electron chi connectivity index (χ3n) is 4.62. The quantitative estimate of drug-likeness (QED) is 0.894. The number of aromatic nitrogens is 2. The van der Waals surface area contributed by atoms with Crippen LogP contribution in [-0.2, 0) is 19.5 Å². The first kappa shape index (κ1) is 15.6. The standard InChI is InChI=1S/C17H17ClFN3O2/c18-12-5-9(6-13(19)15(12)23)7-22-4-3-11-14(8-22)20-16(10-1-2-10)21-17(11)24/h5-6,10,23H,1-4,7-8H2,(H,20,21,24). The van der Waals surface area contributed by atoms with Crippen LogP contribution < -0.4 is 5.56 Å². The largest absolute Gasteiger partial charge is 0.504 e. The summed E-state index contributed by atoms with van der Waals surface area (Å²) in [4.78, 5) is 21.8. The highest BCUT2D eigenvalue weighted by Gasteiger charge is 2.29. The van der Waals surface area contributed by atoms with E-state index in [1.165, 1.54) is 6.07 Å². The Morgan fingerprint density at radius 3 is 2.92 bits per heavy atom. The molecular formula is C17H17ClFN3O2. The molecule has 2 aliphatic rings. The molecule has 5 nitrogen and oxygen atoms in total. The van der Waals surface area contributed by atoms with Crippen LogP contribution in [0.1, 0.15) is 41.4 Å². The first-order valence-corrected chi connectivity index (χ1v) is 8.40. The van der Waals surface area contributed by atoms with Gasteiger partial charge in [0.25, 0.3) is 5.56 Å². The second-order valence-electron chi connectivity index (χ2n) is 6.52. The molecule has 24 heavy (non-hydrogen) atoms. The van der Waals surface area contributed by atoms with E-state index in [-0.39, 0.29) is 10.6 Å². The van der Waals surface area contributed by atoms with Crippen molar-refractivity contribution in [2.45, 2.75) is 38.3 Å². The van der Waals surface area contributed by atoms with Crippen LogP contribution >= 0.6 is 11.6 Å². The van der Waals surface area contributed by atoms with Crippen molar-refractivity contribution in [1.29, 1.82) is 0 Å². The van der Waals surface area contributed by atoms with Crippen LogP contribution in [-0.4, -0.2) is 26.5 Å². The van der Waals surface area contributed by atoms with E-state index in [1.54, 1.807) is 6.07 Å². The van der Waals surface area contributed by atoms with E-state index in [0.717, 1.165) is 29.9 Å². The van der Waals surface area contributed by atoms with E-state index in [2.05, 4.69) is 14.9 Å². The Balaban J connectivity index is 1.57. The normalized spacial score (nSPS) is 17.8. The third kappa shape index (κ3) is 2.91. The average molecular weight is 350 g/mol. The molecule has 7 heteroatoms. The minimum absolute atomic E-state index is 0.00741. The molecule has 0 spiro atoms. The van der Waals surface area contributed by atoms with Crippen molar-refractivity contribution in [3.05, 3.63) is 56.0 Å². The Labute approximate surface area is 143 Å². The van der Waals surface area contributed by atoms with E-state index in [9.17, 15) is 14.3 Å². The number of aromatic amines is 1. The van der Waals surface area contributed by atoms with Crippen LogP contribution in [0.5, 0.6) is 5.75 Å². The predicted molar refractivity (Wildman–Crippen MR) is 87.7 cm³/mol. The number of benzene rings is 1. The molecular weight excluding hydrogens is 333 g/mol. The lowest BCUT2D eigenvalue weighted by Gasteiger charge is -2.27. The molecule has 1 aliphatic carbocycles. The van der Waals surface area contributed by atoms with Gasteiger partial charge in [-0.2, -0.15) is 0 Å². The highest BCUT2D eigenvalue weighted by Crippen LogP contribution is 2.38. The van der Waals surface area contributed by atoms with Gasteiger partial charge in [0, 0.05) is 31.1 Å². The molecule has 0 unspecified atom stereocenters. The molecule has 2 heterocycles. The van der Waals surface area contributed by atoms with Gasteiger partial charge in [0.05, 0.1) is 10.7 Å². The van der Waals surface area contributed by atoms with E-state index in [4.69, 9.17) is 11.6 Å². The minimum atomic E-state index is -0.722. The van der Waals surface area contributed by atoms with Crippen molar-refractivity contribution >= 4 is 11.6 Å². The zero-order valence-corrected chi connectivity index (χ0v) is 13.7. The molecule has 1 aliphatic heterocycles. The van der Waals surface area contributed by atoms with Gasteiger partial charge in [-0.3, -0.25) is 9.69 Å². The van der Waals surface area contributed by atoms with E-state index in [0.29, 0.717) is 37.5 Å². The average Bonchev–Trinajstić information content (AvgIpc) is 3.37. The number of hydrogen-bond donors (Lipinski definition) is 2. The molecule has 1 fully saturated rings. The van der Waals surface area contributed by atoms with Gasteiger partial charge in [0.2, 0.25) is 0 Å². The lowest BCUT2D eigenvalue weighted by atomic mass is 10.1. The smallest absolute Gasteiger partial charge is 0.254 e. The molecule has 0 bridgehead atoms. The molecule has 0 radical (unpaired) electrons. The van der Waals surface area contributed by atoms with E-state index >= 15 is 0 Å². The number of phenolic OH excluding ortho intramolecular Hbond substituents is 1. The number of halogens is 2. The number of rotatable bonds is 3. The highest BCUT2D eigenvalue weighted by molar-refractivity contribution is 6.32. The van der Waals surface area contributed by atoms with Gasteiger partial charge in [-0.1, -0.05) is 11.6 Å². The lowest BCUT2D eigenvalue weighted by Crippen LogP contribution is -2.35. The molecule has 1 aromatic carbocycles. The lowest BCUT2D eigenvalue weighted by molar-refractivity contribution is 0.239. The molecule has 0 atom stereocenters. The Kier molecular flexibility index (Phi) is 3.81. The summed E-state index contributed by atoms with van der Waals surface area (Å²) >= 11 is 5.83. The Hall–Kier alpha value is -1.92. The molecule has 2 aromatic rings. The third-order valence-corrected chi connectivity index (χ3v) is 4.91. The van der Waals surface area contributed by atoms with Crippen molar-refractivity contribution in [2.75, 3.05) is 6.54 Å². The van der Waals surface area contributed by atoms with Crippen LogP contribution in [0.3, 0.4) is 0 Å². The van der Waals surface area contributed by atoms with Gasteiger partial charge in [-0.25, -0.2) is 9.37 Å². The summed E-state index contributed by atoms with van der Waals surface area (Å²) in [5.41, 5.74) is 2.23. The summed E-state index contributed by atoms with van der Waals surface area (Å²) in [6.07, 6.45) is 2.78. The molecule has 126 valence electrons. The summed E-state index contributed by atoms with van der Waals surface area (Å²) in [5, 5.41) is 9.42. The fourth-order valence-corrected chi connectivity index (χ4v) is 3.40. The topological polar surface area (TPSA) is 69.2 Å². The second kappa shape index (κ2) is 5.86. The summed E-state index contributed by atoms with van der Waals surface area (Å²) in [7, 11) is 0. The molecule has 0 saturated heterocycles. The number of aromatic hydroxyl groups is 1. The maximum absolute atomic E-state index is 13.6. The van der Waals surface area contributed by atoms with Crippen LogP contribution in [0.4, 0.5) is 4.39 Å². The SMILES string of the molecule is O=c1[nH]c(C2CC2)nc2c1CCN(Cc1cc(F)c(O)c(Cl)c1)C2. The second-order valence-corrected chi connectivity index (χ2v) is 6.93. The number of fused-ring (bicyclic) bond motifs is 1. The summed E-state index contributed by atoms with van der Waals surface area (Å²) in [6, 6.07) is 2.86. The van der Waals surface area contributed by atoms with Crippen LogP contribution in [0, 0.1) is 5.82 Å². The molecule has 1 aromatic heterocycles. The summed E-state index contributed by atoms with van der Waals surface area (Å²) in [5.74, 6) is -0.0603. The maximum Gasteiger partial charge on any atom is 0.254 e. The number of nitrogens with one attached hydrogen (secondary N) is 1. The minimum Gasteiger partial charge on any atom is -0.504 e. The van der Waals surface area contributed by atoms with Crippen LogP contribution in [0.2, 0.25) is 5.02 Å². The van der Waals surface area contributed by atoms with Crippen molar-refractivity contribution in [3.63, 3.8) is 0 Å². The van der Waals surface area contributed by atoms with Crippen molar-refractivity contribution in [1.82, 2.24) is 14.9 Å².